The minimum absolute atomic E-state index is 0.0457. The molecule has 1 fully saturated rings. The van der Waals surface area contributed by atoms with Crippen molar-refractivity contribution in [1.82, 2.24) is 10.2 Å². The van der Waals surface area contributed by atoms with Crippen molar-refractivity contribution in [2.75, 3.05) is 33.8 Å². The number of ether oxygens (including phenoxy) is 1. The van der Waals surface area contributed by atoms with Crippen molar-refractivity contribution < 1.29 is 4.74 Å². The summed E-state index contributed by atoms with van der Waals surface area (Å²) < 4.78 is 5.31. The topological polar surface area (TPSA) is 24.5 Å². The van der Waals surface area contributed by atoms with Gasteiger partial charge in [-0.25, -0.2) is 0 Å². The van der Waals surface area contributed by atoms with Gasteiger partial charge in [0.15, 0.2) is 0 Å². The molecule has 1 aliphatic rings. The maximum atomic E-state index is 5.31. The van der Waals surface area contributed by atoms with Crippen LogP contribution in [0.3, 0.4) is 0 Å². The summed E-state index contributed by atoms with van der Waals surface area (Å²) in [5.41, 5.74) is 2.58. The van der Waals surface area contributed by atoms with Crippen molar-refractivity contribution in [1.29, 1.82) is 0 Å². The van der Waals surface area contributed by atoms with Gasteiger partial charge in [-0.3, -0.25) is 0 Å². The van der Waals surface area contributed by atoms with Crippen LogP contribution in [0.15, 0.2) is 18.2 Å². The lowest BCUT2D eigenvalue weighted by Gasteiger charge is -2.40. The minimum Gasteiger partial charge on any atom is -0.496 e. The Morgan fingerprint density at radius 1 is 1.41 bits per heavy atom. The number of nitrogens with zero attached hydrogens (tertiary/aromatic N) is 1. The van der Waals surface area contributed by atoms with E-state index < -0.39 is 0 Å². The van der Waals surface area contributed by atoms with Gasteiger partial charge < -0.3 is 15.0 Å². The third kappa shape index (κ3) is 2.45. The van der Waals surface area contributed by atoms with Gasteiger partial charge in [-0.15, -0.1) is 0 Å². The van der Waals surface area contributed by atoms with Crippen molar-refractivity contribution >= 4 is 0 Å². The second kappa shape index (κ2) is 4.67. The molecule has 1 heterocycles. The lowest BCUT2D eigenvalue weighted by molar-refractivity contribution is 0.171. The summed E-state index contributed by atoms with van der Waals surface area (Å²) in [5, 5.41) is 3.62. The Bertz CT molecular complexity index is 405. The lowest BCUT2D eigenvalue weighted by Crippen LogP contribution is -2.55. The Morgan fingerprint density at radius 2 is 2.18 bits per heavy atom. The molecule has 0 aliphatic carbocycles. The first kappa shape index (κ1) is 12.4. The van der Waals surface area contributed by atoms with Gasteiger partial charge in [-0.1, -0.05) is 12.1 Å². The molecular formula is C14H22N2O. The van der Waals surface area contributed by atoms with Gasteiger partial charge >= 0.3 is 0 Å². The second-order valence-corrected chi connectivity index (χ2v) is 5.18. The van der Waals surface area contributed by atoms with Gasteiger partial charge in [0, 0.05) is 19.6 Å². The number of methoxy groups -OCH3 is 1. The van der Waals surface area contributed by atoms with Crippen LogP contribution in [0, 0.1) is 6.92 Å². The first-order valence-corrected chi connectivity index (χ1v) is 6.14. The second-order valence-electron chi connectivity index (χ2n) is 5.18. The van der Waals surface area contributed by atoms with Gasteiger partial charge in [-0.05, 0) is 38.1 Å². The van der Waals surface area contributed by atoms with E-state index in [0.29, 0.717) is 0 Å². The number of nitrogens with one attached hydrogen (secondary N) is 1. The van der Waals surface area contributed by atoms with Crippen LogP contribution in [-0.2, 0) is 5.54 Å². The van der Waals surface area contributed by atoms with E-state index in [0.717, 1.165) is 25.4 Å². The molecule has 1 N–H and O–H groups in total. The van der Waals surface area contributed by atoms with E-state index in [4.69, 9.17) is 4.74 Å². The number of hydrogen-bond acceptors (Lipinski definition) is 3. The molecule has 1 aromatic carbocycles. The van der Waals surface area contributed by atoms with Crippen LogP contribution in [-0.4, -0.2) is 38.7 Å². The summed E-state index contributed by atoms with van der Waals surface area (Å²) >= 11 is 0. The molecule has 0 amide bonds. The third-order valence-electron chi connectivity index (χ3n) is 3.63. The Labute approximate surface area is 104 Å². The number of piperazine rings is 1. The fourth-order valence-electron chi connectivity index (χ4n) is 2.61. The normalized spacial score (nSPS) is 25.9. The number of hydrogen-bond donors (Lipinski definition) is 1. The van der Waals surface area contributed by atoms with Gasteiger partial charge in [0.2, 0.25) is 0 Å². The van der Waals surface area contributed by atoms with Crippen molar-refractivity contribution in [2.24, 2.45) is 0 Å². The summed E-state index contributed by atoms with van der Waals surface area (Å²) in [7, 11) is 3.89. The Hall–Kier alpha value is -1.06. The van der Waals surface area contributed by atoms with E-state index in [-0.39, 0.29) is 5.54 Å². The number of benzene rings is 1. The highest BCUT2D eigenvalue weighted by atomic mass is 16.5. The molecular weight excluding hydrogens is 212 g/mol. The van der Waals surface area contributed by atoms with E-state index in [1.165, 1.54) is 11.1 Å². The average molecular weight is 234 g/mol. The molecule has 1 saturated heterocycles. The van der Waals surface area contributed by atoms with E-state index in [1.807, 2.05) is 0 Å². The maximum absolute atomic E-state index is 5.31. The first-order valence-electron chi connectivity index (χ1n) is 6.14. The Kier molecular flexibility index (Phi) is 3.40. The highest BCUT2D eigenvalue weighted by Crippen LogP contribution is 2.28. The van der Waals surface area contributed by atoms with Crippen molar-refractivity contribution in [3.63, 3.8) is 0 Å². The standard InChI is InChI=1S/C14H22N2O/c1-11-9-12(5-6-13(11)17-4)14(2)10-16(3)8-7-15-14/h5-6,9,15H,7-8,10H2,1-4H3. The lowest BCUT2D eigenvalue weighted by atomic mass is 9.88. The van der Waals surface area contributed by atoms with E-state index in [9.17, 15) is 0 Å². The van der Waals surface area contributed by atoms with Gasteiger partial charge in [0.1, 0.15) is 5.75 Å². The molecule has 3 nitrogen and oxygen atoms in total. The molecule has 0 aromatic heterocycles. The zero-order valence-electron chi connectivity index (χ0n) is 11.2. The van der Waals surface area contributed by atoms with E-state index in [1.54, 1.807) is 7.11 Å². The van der Waals surface area contributed by atoms with Crippen molar-refractivity contribution in [3.05, 3.63) is 29.3 Å². The molecule has 0 radical (unpaired) electrons. The first-order chi connectivity index (χ1) is 8.05. The maximum Gasteiger partial charge on any atom is 0.121 e. The van der Waals surface area contributed by atoms with Crippen LogP contribution in [0.4, 0.5) is 0 Å². The summed E-state index contributed by atoms with van der Waals surface area (Å²) in [6.07, 6.45) is 0. The molecule has 17 heavy (non-hydrogen) atoms. The van der Waals surface area contributed by atoms with Gasteiger partial charge in [0.05, 0.1) is 12.6 Å². The predicted octanol–water partition coefficient (Wildman–Crippen LogP) is 1.75. The Balaban J connectivity index is 2.29. The SMILES string of the molecule is COc1ccc(C2(C)CN(C)CCN2)cc1C. The molecule has 1 unspecified atom stereocenters. The molecule has 2 rings (SSSR count). The highest BCUT2D eigenvalue weighted by Gasteiger charge is 2.30. The highest BCUT2D eigenvalue weighted by molar-refractivity contribution is 5.39. The molecule has 94 valence electrons. The van der Waals surface area contributed by atoms with Crippen LogP contribution in [0.2, 0.25) is 0 Å². The minimum atomic E-state index is 0.0457. The molecule has 1 atom stereocenters. The van der Waals surface area contributed by atoms with Crippen LogP contribution < -0.4 is 10.1 Å². The summed E-state index contributed by atoms with van der Waals surface area (Å²) in [6, 6.07) is 6.45. The molecule has 0 saturated carbocycles. The van der Waals surface area contributed by atoms with Crippen LogP contribution in [0.5, 0.6) is 5.75 Å². The van der Waals surface area contributed by atoms with E-state index >= 15 is 0 Å². The largest absolute Gasteiger partial charge is 0.496 e. The molecule has 3 heteroatoms. The third-order valence-corrected chi connectivity index (χ3v) is 3.63. The fraction of sp³-hybridized carbons (Fsp3) is 0.571. The van der Waals surface area contributed by atoms with Gasteiger partial charge in [-0.2, -0.15) is 0 Å². The quantitative estimate of drug-likeness (QED) is 0.844. The fourth-order valence-corrected chi connectivity index (χ4v) is 2.61. The number of likely N-dealkylation sites (N-methyl/N-ethyl adjacent to an activating group) is 1. The van der Waals surface area contributed by atoms with Crippen molar-refractivity contribution in [3.8, 4) is 5.75 Å². The summed E-state index contributed by atoms with van der Waals surface area (Å²) in [6.45, 7) is 7.56. The zero-order chi connectivity index (χ0) is 12.5. The Morgan fingerprint density at radius 3 is 2.76 bits per heavy atom. The molecule has 0 spiro atoms. The predicted molar refractivity (Wildman–Crippen MR) is 70.6 cm³/mol. The number of rotatable bonds is 2. The number of aryl methyl sites for hydroxylation is 1. The van der Waals surface area contributed by atoms with Crippen LogP contribution in [0.25, 0.3) is 0 Å². The van der Waals surface area contributed by atoms with E-state index in [2.05, 4.69) is 49.3 Å². The zero-order valence-corrected chi connectivity index (χ0v) is 11.2. The van der Waals surface area contributed by atoms with Crippen LogP contribution >= 0.6 is 0 Å². The summed E-state index contributed by atoms with van der Waals surface area (Å²) in [4.78, 5) is 2.37. The average Bonchev–Trinajstić information content (AvgIpc) is 2.28. The summed E-state index contributed by atoms with van der Waals surface area (Å²) in [5.74, 6) is 0.960. The molecule has 1 aromatic rings. The van der Waals surface area contributed by atoms with Gasteiger partial charge in [0.25, 0.3) is 0 Å². The molecule has 1 aliphatic heterocycles. The molecule has 0 bridgehead atoms. The monoisotopic (exact) mass is 234 g/mol. The smallest absolute Gasteiger partial charge is 0.121 e. The van der Waals surface area contributed by atoms with Crippen LogP contribution in [0.1, 0.15) is 18.1 Å². The van der Waals surface area contributed by atoms with Crippen molar-refractivity contribution in [2.45, 2.75) is 19.4 Å².